The number of piperazine rings is 1. The van der Waals surface area contributed by atoms with Crippen LogP contribution in [0.4, 0.5) is 4.79 Å². The van der Waals surface area contributed by atoms with E-state index in [1.165, 1.54) is 5.56 Å². The van der Waals surface area contributed by atoms with E-state index in [1.54, 1.807) is 4.90 Å². The quantitative estimate of drug-likeness (QED) is 0.890. The maximum Gasteiger partial charge on any atom is 0.317 e. The summed E-state index contributed by atoms with van der Waals surface area (Å²) in [6.45, 7) is 5.18. The molecule has 2 aliphatic heterocycles. The van der Waals surface area contributed by atoms with Crippen molar-refractivity contribution in [1.29, 1.82) is 0 Å². The van der Waals surface area contributed by atoms with Crippen molar-refractivity contribution in [2.24, 2.45) is 0 Å². The third-order valence-corrected chi connectivity index (χ3v) is 6.76. The van der Waals surface area contributed by atoms with E-state index >= 15 is 0 Å². The van der Waals surface area contributed by atoms with Gasteiger partial charge in [0.25, 0.3) is 0 Å². The Labute approximate surface area is 143 Å². The fourth-order valence-corrected chi connectivity index (χ4v) is 5.10. The first-order valence-electron chi connectivity index (χ1n) is 8.49. The van der Waals surface area contributed by atoms with Gasteiger partial charge in [-0.25, -0.2) is 13.2 Å². The molecule has 2 atom stereocenters. The van der Waals surface area contributed by atoms with Crippen LogP contribution in [0.1, 0.15) is 24.9 Å². The normalized spacial score (nSPS) is 25.4. The molecule has 2 amide bonds. The zero-order valence-corrected chi connectivity index (χ0v) is 14.8. The zero-order valence-electron chi connectivity index (χ0n) is 14.0. The highest BCUT2D eigenvalue weighted by atomic mass is 32.2. The molecule has 0 saturated carbocycles. The Balaban J connectivity index is 1.49. The Hall–Kier alpha value is -1.60. The summed E-state index contributed by atoms with van der Waals surface area (Å²) < 4.78 is 23.0. The Bertz CT molecular complexity index is 670. The van der Waals surface area contributed by atoms with Gasteiger partial charge in [0.05, 0.1) is 11.5 Å². The van der Waals surface area contributed by atoms with E-state index in [0.29, 0.717) is 25.6 Å². The molecule has 2 saturated heterocycles. The lowest BCUT2D eigenvalue weighted by molar-refractivity contribution is 0.113. The van der Waals surface area contributed by atoms with E-state index in [1.807, 2.05) is 18.2 Å². The fourth-order valence-electron chi connectivity index (χ4n) is 3.43. The van der Waals surface area contributed by atoms with Crippen molar-refractivity contribution in [2.75, 3.05) is 37.7 Å². The largest absolute Gasteiger partial charge is 0.334 e. The van der Waals surface area contributed by atoms with Crippen LogP contribution in [0.3, 0.4) is 0 Å². The lowest BCUT2D eigenvalue weighted by atomic mass is 10.1. The Morgan fingerprint density at radius 1 is 1.17 bits per heavy atom. The molecule has 0 radical (unpaired) electrons. The molecular formula is C17H25N3O3S. The molecule has 0 spiro atoms. The number of nitrogens with zero attached hydrogens (tertiary/aromatic N) is 2. The number of sulfone groups is 1. The molecule has 2 heterocycles. The van der Waals surface area contributed by atoms with Crippen LogP contribution in [0.25, 0.3) is 0 Å². The standard InChI is InChI=1S/C17H25N3O3S/c1-14(15-5-3-2-4-6-15)19-8-10-20(11-9-19)17(21)18-16-7-12-24(22,23)13-16/h2-6,14,16H,7-13H2,1H3,(H,18,21). The second-order valence-electron chi connectivity index (χ2n) is 6.66. The number of hydrogen-bond donors (Lipinski definition) is 1. The smallest absolute Gasteiger partial charge is 0.317 e. The van der Waals surface area contributed by atoms with Crippen LogP contribution in [0, 0.1) is 0 Å². The molecule has 132 valence electrons. The predicted octanol–water partition coefficient (Wildman–Crippen LogP) is 1.26. The van der Waals surface area contributed by atoms with Crippen molar-refractivity contribution in [3.8, 4) is 0 Å². The van der Waals surface area contributed by atoms with Gasteiger partial charge in [-0.15, -0.1) is 0 Å². The lowest BCUT2D eigenvalue weighted by Gasteiger charge is -2.38. The van der Waals surface area contributed by atoms with E-state index in [0.717, 1.165) is 13.1 Å². The topological polar surface area (TPSA) is 69.7 Å². The Kier molecular flexibility index (Phi) is 5.10. The third-order valence-electron chi connectivity index (χ3n) is 4.99. The van der Waals surface area contributed by atoms with Crippen molar-refractivity contribution < 1.29 is 13.2 Å². The van der Waals surface area contributed by atoms with Gasteiger partial charge in [-0.2, -0.15) is 0 Å². The number of urea groups is 1. The van der Waals surface area contributed by atoms with Gasteiger partial charge in [-0.1, -0.05) is 30.3 Å². The zero-order chi connectivity index (χ0) is 17.2. The van der Waals surface area contributed by atoms with Crippen LogP contribution >= 0.6 is 0 Å². The van der Waals surface area contributed by atoms with E-state index in [-0.39, 0.29) is 23.6 Å². The molecule has 1 N–H and O–H groups in total. The number of hydrogen-bond acceptors (Lipinski definition) is 4. The molecular weight excluding hydrogens is 326 g/mol. The number of carbonyl (C=O) groups is 1. The summed E-state index contributed by atoms with van der Waals surface area (Å²) in [5, 5.41) is 2.87. The molecule has 0 aromatic heterocycles. The Morgan fingerprint density at radius 3 is 2.42 bits per heavy atom. The van der Waals surface area contributed by atoms with Crippen LogP contribution in [0.2, 0.25) is 0 Å². The van der Waals surface area contributed by atoms with Gasteiger partial charge in [-0.3, -0.25) is 4.90 Å². The number of carbonyl (C=O) groups excluding carboxylic acids is 1. The summed E-state index contributed by atoms with van der Waals surface area (Å²) in [7, 11) is -2.96. The first kappa shape index (κ1) is 17.2. The molecule has 0 bridgehead atoms. The third kappa shape index (κ3) is 4.08. The van der Waals surface area contributed by atoms with Crippen LogP contribution in [-0.4, -0.2) is 68.0 Å². The van der Waals surface area contributed by atoms with Gasteiger partial charge in [-0.05, 0) is 18.9 Å². The molecule has 2 unspecified atom stereocenters. The minimum atomic E-state index is -2.96. The molecule has 1 aromatic carbocycles. The SMILES string of the molecule is CC(c1ccccc1)N1CCN(C(=O)NC2CCS(=O)(=O)C2)CC1. The maximum atomic E-state index is 12.3. The second-order valence-corrected chi connectivity index (χ2v) is 8.89. The highest BCUT2D eigenvalue weighted by Gasteiger charge is 2.31. The van der Waals surface area contributed by atoms with E-state index in [2.05, 4.69) is 29.3 Å². The molecule has 6 nitrogen and oxygen atoms in total. The highest BCUT2D eigenvalue weighted by Crippen LogP contribution is 2.21. The van der Waals surface area contributed by atoms with Gasteiger partial charge in [0.15, 0.2) is 9.84 Å². The van der Waals surface area contributed by atoms with Crippen molar-refractivity contribution >= 4 is 15.9 Å². The van der Waals surface area contributed by atoms with Gasteiger partial charge in [0.1, 0.15) is 0 Å². The summed E-state index contributed by atoms with van der Waals surface area (Å²) in [5.74, 6) is 0.254. The van der Waals surface area contributed by atoms with Crippen molar-refractivity contribution in [2.45, 2.75) is 25.4 Å². The molecule has 3 rings (SSSR count). The molecule has 24 heavy (non-hydrogen) atoms. The summed E-state index contributed by atoms with van der Waals surface area (Å²) >= 11 is 0. The lowest BCUT2D eigenvalue weighted by Crippen LogP contribution is -2.53. The van der Waals surface area contributed by atoms with Crippen LogP contribution < -0.4 is 5.32 Å². The highest BCUT2D eigenvalue weighted by molar-refractivity contribution is 7.91. The fraction of sp³-hybridized carbons (Fsp3) is 0.588. The molecule has 2 aliphatic rings. The summed E-state index contributed by atoms with van der Waals surface area (Å²) in [6.07, 6.45) is 0.527. The number of rotatable bonds is 3. The maximum absolute atomic E-state index is 12.3. The number of amides is 2. The summed E-state index contributed by atoms with van der Waals surface area (Å²) in [4.78, 5) is 16.5. The van der Waals surface area contributed by atoms with E-state index in [9.17, 15) is 13.2 Å². The van der Waals surface area contributed by atoms with Crippen LogP contribution in [-0.2, 0) is 9.84 Å². The van der Waals surface area contributed by atoms with E-state index in [4.69, 9.17) is 0 Å². The minimum absolute atomic E-state index is 0.0732. The van der Waals surface area contributed by atoms with Gasteiger partial charge in [0, 0.05) is 38.3 Å². The average molecular weight is 351 g/mol. The second kappa shape index (κ2) is 7.11. The molecule has 0 aliphatic carbocycles. The predicted molar refractivity (Wildman–Crippen MR) is 93.6 cm³/mol. The van der Waals surface area contributed by atoms with Gasteiger partial charge >= 0.3 is 6.03 Å². The minimum Gasteiger partial charge on any atom is -0.334 e. The van der Waals surface area contributed by atoms with E-state index < -0.39 is 9.84 Å². The van der Waals surface area contributed by atoms with Gasteiger partial charge < -0.3 is 10.2 Å². The van der Waals surface area contributed by atoms with Crippen LogP contribution in [0.15, 0.2) is 30.3 Å². The van der Waals surface area contributed by atoms with Crippen LogP contribution in [0.5, 0.6) is 0 Å². The van der Waals surface area contributed by atoms with Crippen molar-refractivity contribution in [1.82, 2.24) is 15.1 Å². The molecule has 7 heteroatoms. The average Bonchev–Trinajstić information content (AvgIpc) is 2.93. The Morgan fingerprint density at radius 2 is 1.83 bits per heavy atom. The molecule has 2 fully saturated rings. The van der Waals surface area contributed by atoms with Crippen molar-refractivity contribution in [3.05, 3.63) is 35.9 Å². The number of nitrogens with one attached hydrogen (secondary N) is 1. The first-order chi connectivity index (χ1) is 11.4. The summed E-state index contributed by atoms with van der Waals surface area (Å²) in [5.41, 5.74) is 1.28. The van der Waals surface area contributed by atoms with Gasteiger partial charge in [0.2, 0.25) is 0 Å². The summed E-state index contributed by atoms with van der Waals surface area (Å²) in [6, 6.07) is 10.3. The first-order valence-corrected chi connectivity index (χ1v) is 10.3. The number of benzene rings is 1. The van der Waals surface area contributed by atoms with Crippen molar-refractivity contribution in [3.63, 3.8) is 0 Å². The monoisotopic (exact) mass is 351 g/mol. The molecule has 1 aromatic rings.